The van der Waals surface area contributed by atoms with E-state index < -0.39 is 39.3 Å². The lowest BCUT2D eigenvalue weighted by Crippen LogP contribution is -2.29. The van der Waals surface area contributed by atoms with Gasteiger partial charge in [0.1, 0.15) is 5.69 Å². The molecule has 0 saturated heterocycles. The summed E-state index contributed by atoms with van der Waals surface area (Å²) >= 11 is 11.9. The maximum atomic E-state index is 12.1. The number of aromatic nitrogens is 1. The van der Waals surface area contributed by atoms with Crippen molar-refractivity contribution in [1.29, 1.82) is 0 Å². The van der Waals surface area contributed by atoms with Crippen molar-refractivity contribution in [2.24, 2.45) is 5.16 Å². The minimum absolute atomic E-state index is 0.246. The van der Waals surface area contributed by atoms with Crippen LogP contribution >= 0.6 is 34.5 Å². The van der Waals surface area contributed by atoms with Crippen molar-refractivity contribution in [3.63, 3.8) is 0 Å². The van der Waals surface area contributed by atoms with Gasteiger partial charge in [0, 0.05) is 11.8 Å². The molecule has 0 spiro atoms. The van der Waals surface area contributed by atoms with Crippen molar-refractivity contribution in [2.75, 3.05) is 5.32 Å². The molecular weight excluding hydrogens is 386 g/mol. The second kappa shape index (κ2) is 6.13. The van der Waals surface area contributed by atoms with E-state index in [1.807, 2.05) is 0 Å². The predicted molar refractivity (Wildman–Crippen MR) is 74.9 cm³/mol. The Hall–Kier alpha value is -1.59. The van der Waals surface area contributed by atoms with Gasteiger partial charge < -0.3 is 9.94 Å². The van der Waals surface area contributed by atoms with Crippen LogP contribution in [0.5, 0.6) is 0 Å². The minimum atomic E-state index is -5.09. The quantitative estimate of drug-likeness (QED) is 0.455. The number of hydrogen-bond donors (Lipinski definition) is 2. The summed E-state index contributed by atoms with van der Waals surface area (Å²) in [5.74, 6) is -3.75. The van der Waals surface area contributed by atoms with Crippen LogP contribution in [0.3, 0.4) is 0 Å². The number of amides is 1. The minimum Gasteiger partial charge on any atom is -0.476 e. The molecule has 7 nitrogen and oxygen atoms in total. The van der Waals surface area contributed by atoms with E-state index in [9.17, 15) is 22.8 Å². The third-order valence-corrected chi connectivity index (χ3v) is 4.02. The van der Waals surface area contributed by atoms with Crippen LogP contribution in [0.25, 0.3) is 0 Å². The van der Waals surface area contributed by atoms with Gasteiger partial charge in [0.05, 0.1) is 0 Å². The molecular formula is C10H6Cl2F3N3O4S. The Morgan fingerprint density at radius 1 is 1.52 bits per heavy atom. The number of nitrogens with zero attached hydrogens (tertiary/aromatic N) is 2. The van der Waals surface area contributed by atoms with Crippen molar-refractivity contribution in [3.8, 4) is 0 Å². The Morgan fingerprint density at radius 2 is 2.13 bits per heavy atom. The van der Waals surface area contributed by atoms with Gasteiger partial charge in [0.2, 0.25) is 5.71 Å². The molecule has 1 aromatic rings. The number of carbonyl (C=O) groups is 2. The van der Waals surface area contributed by atoms with Gasteiger partial charge in [-0.1, -0.05) is 28.4 Å². The first-order valence-electron chi connectivity index (χ1n) is 5.69. The van der Waals surface area contributed by atoms with Gasteiger partial charge in [-0.05, 0) is 0 Å². The standard InChI is InChI=1S/C10H6Cl2F3N3O4S/c11-9(12)1-4(9)22-18-5(6(19)20)3-2-23-8(16-3)17-7(21)10(13,14)15/h2,4H,1H2,(H,19,20)(H,16,17,21)/b18-5-. The number of carboxylic acid groups (broad SMARTS) is 1. The summed E-state index contributed by atoms with van der Waals surface area (Å²) in [6.07, 6.45) is -5.53. The maximum Gasteiger partial charge on any atom is 0.471 e. The predicted octanol–water partition coefficient (Wildman–Crippen LogP) is 2.40. The zero-order valence-electron chi connectivity index (χ0n) is 10.7. The van der Waals surface area contributed by atoms with E-state index in [2.05, 4.69) is 10.1 Å². The first kappa shape index (κ1) is 17.8. The zero-order chi connectivity index (χ0) is 17.4. The van der Waals surface area contributed by atoms with Crippen LogP contribution in [0.15, 0.2) is 10.5 Å². The van der Waals surface area contributed by atoms with Crippen LogP contribution in [-0.4, -0.2) is 44.3 Å². The van der Waals surface area contributed by atoms with Crippen LogP contribution in [0, 0.1) is 0 Å². The lowest BCUT2D eigenvalue weighted by Gasteiger charge is -2.04. The van der Waals surface area contributed by atoms with E-state index in [1.165, 1.54) is 5.32 Å². The van der Waals surface area contributed by atoms with Gasteiger partial charge in [-0.15, -0.1) is 11.3 Å². The van der Waals surface area contributed by atoms with E-state index in [4.69, 9.17) is 33.1 Å². The fourth-order valence-electron chi connectivity index (χ4n) is 1.22. The average molecular weight is 392 g/mol. The zero-order valence-corrected chi connectivity index (χ0v) is 13.1. The van der Waals surface area contributed by atoms with Crippen molar-refractivity contribution in [1.82, 2.24) is 4.98 Å². The molecule has 1 aliphatic rings. The van der Waals surface area contributed by atoms with E-state index in [0.29, 0.717) is 11.3 Å². The first-order valence-corrected chi connectivity index (χ1v) is 7.33. The highest BCUT2D eigenvalue weighted by molar-refractivity contribution is 7.14. The van der Waals surface area contributed by atoms with E-state index >= 15 is 0 Å². The number of carboxylic acids is 1. The molecule has 1 saturated carbocycles. The molecule has 2 N–H and O–H groups in total. The number of hydrogen-bond acceptors (Lipinski definition) is 6. The molecule has 2 rings (SSSR count). The molecule has 1 fully saturated rings. The monoisotopic (exact) mass is 391 g/mol. The van der Waals surface area contributed by atoms with E-state index in [-0.39, 0.29) is 12.1 Å². The normalized spacial score (nSPS) is 20.0. The highest BCUT2D eigenvalue weighted by atomic mass is 35.5. The van der Waals surface area contributed by atoms with E-state index in [0.717, 1.165) is 5.38 Å². The van der Waals surface area contributed by atoms with Crippen LogP contribution < -0.4 is 5.32 Å². The van der Waals surface area contributed by atoms with Crippen molar-refractivity contribution in [2.45, 2.75) is 23.0 Å². The van der Waals surface area contributed by atoms with Gasteiger partial charge in [0.25, 0.3) is 0 Å². The second-order valence-corrected chi connectivity index (χ2v) is 6.69. The van der Waals surface area contributed by atoms with Gasteiger partial charge in [-0.25, -0.2) is 9.78 Å². The summed E-state index contributed by atoms with van der Waals surface area (Å²) in [6.45, 7) is 0. The second-order valence-electron chi connectivity index (χ2n) is 4.29. The third kappa shape index (κ3) is 4.45. The highest BCUT2D eigenvalue weighted by Crippen LogP contribution is 2.49. The molecule has 126 valence electrons. The molecule has 0 bridgehead atoms. The number of nitrogens with one attached hydrogen (secondary N) is 1. The molecule has 1 unspecified atom stereocenters. The Morgan fingerprint density at radius 3 is 2.61 bits per heavy atom. The average Bonchev–Trinajstić information content (AvgIpc) is 2.81. The van der Waals surface area contributed by atoms with Gasteiger partial charge in [0.15, 0.2) is 15.6 Å². The number of alkyl halides is 5. The van der Waals surface area contributed by atoms with Crippen LogP contribution in [0.2, 0.25) is 0 Å². The SMILES string of the molecule is O=C(O)/C(=N\OC1CC1(Cl)Cl)c1csc(NC(=O)C(F)(F)F)n1. The van der Waals surface area contributed by atoms with Crippen LogP contribution in [0.1, 0.15) is 12.1 Å². The number of aliphatic carboxylic acids is 1. The number of carbonyl (C=O) groups excluding carboxylic acids is 1. The number of rotatable bonds is 5. The molecule has 1 aliphatic carbocycles. The smallest absolute Gasteiger partial charge is 0.471 e. The van der Waals surface area contributed by atoms with Gasteiger partial charge in [-0.3, -0.25) is 10.1 Å². The molecule has 0 aromatic carbocycles. The maximum absolute atomic E-state index is 12.1. The molecule has 0 aliphatic heterocycles. The molecule has 13 heteroatoms. The number of anilines is 1. The summed E-state index contributed by atoms with van der Waals surface area (Å²) in [5.41, 5.74) is -0.944. The first-order chi connectivity index (χ1) is 10.5. The largest absolute Gasteiger partial charge is 0.476 e. The Labute approximate surface area is 140 Å². The molecule has 1 heterocycles. The molecule has 23 heavy (non-hydrogen) atoms. The number of oxime groups is 1. The Kier molecular flexibility index (Phi) is 4.74. The van der Waals surface area contributed by atoms with Gasteiger partial charge in [-0.2, -0.15) is 13.2 Å². The number of halogens is 5. The van der Waals surface area contributed by atoms with Crippen LogP contribution in [0.4, 0.5) is 18.3 Å². The molecule has 0 radical (unpaired) electrons. The summed E-state index contributed by atoms with van der Waals surface area (Å²) in [5, 5.41) is 14.5. The highest BCUT2D eigenvalue weighted by Gasteiger charge is 2.55. The molecule has 1 atom stereocenters. The fourth-order valence-corrected chi connectivity index (χ4v) is 2.27. The van der Waals surface area contributed by atoms with Gasteiger partial charge >= 0.3 is 18.1 Å². The summed E-state index contributed by atoms with van der Waals surface area (Å²) in [6, 6.07) is 0. The Bertz CT molecular complexity index is 677. The molecule has 1 amide bonds. The molecule has 1 aromatic heterocycles. The number of thiazole rings is 1. The summed E-state index contributed by atoms with van der Waals surface area (Å²) < 4.78 is 35.2. The van der Waals surface area contributed by atoms with Crippen LogP contribution in [-0.2, 0) is 14.4 Å². The topological polar surface area (TPSA) is 101 Å². The van der Waals surface area contributed by atoms with Crippen molar-refractivity contribution in [3.05, 3.63) is 11.1 Å². The summed E-state index contributed by atoms with van der Waals surface area (Å²) in [7, 11) is 0. The lowest BCUT2D eigenvalue weighted by atomic mass is 10.3. The van der Waals surface area contributed by atoms with Crippen molar-refractivity contribution >= 4 is 57.3 Å². The fraction of sp³-hybridized carbons (Fsp3) is 0.400. The summed E-state index contributed by atoms with van der Waals surface area (Å²) in [4.78, 5) is 30.3. The Balaban J connectivity index is 2.11. The lowest BCUT2D eigenvalue weighted by molar-refractivity contribution is -0.167. The van der Waals surface area contributed by atoms with Crippen molar-refractivity contribution < 1.29 is 32.7 Å². The van der Waals surface area contributed by atoms with E-state index in [1.54, 1.807) is 0 Å². The third-order valence-electron chi connectivity index (χ3n) is 2.47.